The fourth-order valence-corrected chi connectivity index (χ4v) is 3.68. The minimum atomic E-state index is -0.175. The second-order valence-corrected chi connectivity index (χ2v) is 7.20. The standard InChI is InChI=1S/C20H20ClN3O3/c21-14-4-3-5-15(10-14)27-16-8-9-23(11-16)13-20(26)24-12-19(25)22-17-6-1-2-7-18(17)24/h1-7,10,16H,8-9,11-13H2,(H,22,25). The van der Waals surface area contributed by atoms with E-state index < -0.39 is 0 Å². The Hall–Kier alpha value is -2.57. The molecule has 0 radical (unpaired) electrons. The molecule has 0 saturated carbocycles. The Morgan fingerprint density at radius 1 is 1.22 bits per heavy atom. The summed E-state index contributed by atoms with van der Waals surface area (Å²) in [5.74, 6) is 0.480. The van der Waals surface area contributed by atoms with E-state index in [1.807, 2.05) is 30.3 Å². The van der Waals surface area contributed by atoms with E-state index in [0.717, 1.165) is 24.4 Å². The molecule has 1 unspecified atom stereocenters. The van der Waals surface area contributed by atoms with Crippen LogP contribution in [0.4, 0.5) is 11.4 Å². The van der Waals surface area contributed by atoms with Gasteiger partial charge in [0.25, 0.3) is 0 Å². The molecule has 7 heteroatoms. The van der Waals surface area contributed by atoms with Gasteiger partial charge in [-0.1, -0.05) is 29.8 Å². The van der Waals surface area contributed by atoms with Crippen LogP contribution in [-0.2, 0) is 9.59 Å². The van der Waals surface area contributed by atoms with Gasteiger partial charge in [-0.2, -0.15) is 0 Å². The van der Waals surface area contributed by atoms with Crippen LogP contribution in [0.5, 0.6) is 5.75 Å². The Morgan fingerprint density at radius 2 is 2.07 bits per heavy atom. The molecule has 0 bridgehead atoms. The number of benzene rings is 2. The zero-order valence-electron chi connectivity index (χ0n) is 14.7. The van der Waals surface area contributed by atoms with Gasteiger partial charge in [-0.05, 0) is 36.8 Å². The summed E-state index contributed by atoms with van der Waals surface area (Å²) in [5.41, 5.74) is 1.42. The summed E-state index contributed by atoms with van der Waals surface area (Å²) < 4.78 is 5.97. The maximum atomic E-state index is 12.8. The smallest absolute Gasteiger partial charge is 0.244 e. The molecule has 2 aromatic carbocycles. The Labute approximate surface area is 162 Å². The van der Waals surface area contributed by atoms with Gasteiger partial charge in [0.2, 0.25) is 11.8 Å². The maximum absolute atomic E-state index is 12.8. The molecule has 4 rings (SSSR count). The largest absolute Gasteiger partial charge is 0.489 e. The minimum absolute atomic E-state index is 0.0215. The van der Waals surface area contributed by atoms with Crippen LogP contribution in [0.1, 0.15) is 6.42 Å². The lowest BCUT2D eigenvalue weighted by Gasteiger charge is -2.30. The predicted molar refractivity (Wildman–Crippen MR) is 104 cm³/mol. The monoisotopic (exact) mass is 385 g/mol. The molecule has 6 nitrogen and oxygen atoms in total. The van der Waals surface area contributed by atoms with Crippen LogP contribution in [0.25, 0.3) is 0 Å². The van der Waals surface area contributed by atoms with Crippen LogP contribution in [0.2, 0.25) is 5.02 Å². The first-order valence-corrected chi connectivity index (χ1v) is 9.30. The normalized spacial score (nSPS) is 19.5. The van der Waals surface area contributed by atoms with Gasteiger partial charge in [0.05, 0.1) is 17.9 Å². The van der Waals surface area contributed by atoms with Crippen molar-refractivity contribution < 1.29 is 14.3 Å². The fraction of sp³-hybridized carbons (Fsp3) is 0.300. The van der Waals surface area contributed by atoms with E-state index in [1.54, 1.807) is 23.1 Å². The molecule has 1 atom stereocenters. The third-order valence-electron chi connectivity index (χ3n) is 4.76. The molecule has 2 aliphatic heterocycles. The number of amides is 2. The van der Waals surface area contributed by atoms with Crippen molar-refractivity contribution in [2.24, 2.45) is 0 Å². The average Bonchev–Trinajstić information content (AvgIpc) is 3.07. The first-order chi connectivity index (χ1) is 13.1. The molecular weight excluding hydrogens is 366 g/mol. The molecule has 1 fully saturated rings. The van der Waals surface area contributed by atoms with Gasteiger partial charge < -0.3 is 10.1 Å². The predicted octanol–water partition coefficient (Wildman–Crippen LogP) is 2.78. The van der Waals surface area contributed by atoms with Crippen molar-refractivity contribution in [3.63, 3.8) is 0 Å². The van der Waals surface area contributed by atoms with E-state index in [2.05, 4.69) is 10.2 Å². The molecule has 2 heterocycles. The van der Waals surface area contributed by atoms with Crippen molar-refractivity contribution in [1.29, 1.82) is 0 Å². The summed E-state index contributed by atoms with van der Waals surface area (Å²) >= 11 is 5.99. The maximum Gasteiger partial charge on any atom is 0.244 e. The molecule has 0 aromatic heterocycles. The molecule has 2 aromatic rings. The third-order valence-corrected chi connectivity index (χ3v) is 4.99. The summed E-state index contributed by atoms with van der Waals surface area (Å²) in [6.45, 7) is 1.75. The number of hydrogen-bond acceptors (Lipinski definition) is 4. The summed E-state index contributed by atoms with van der Waals surface area (Å²) in [6.07, 6.45) is 0.866. The van der Waals surface area contributed by atoms with Gasteiger partial charge >= 0.3 is 0 Å². The van der Waals surface area contributed by atoms with E-state index >= 15 is 0 Å². The molecule has 1 saturated heterocycles. The number of anilines is 2. The molecule has 2 aliphatic rings. The molecular formula is C20H20ClN3O3. The second kappa shape index (κ2) is 7.58. The lowest BCUT2D eigenvalue weighted by Crippen LogP contribution is -2.46. The molecule has 0 aliphatic carbocycles. The SMILES string of the molecule is O=C1CN(C(=O)CN2CCC(Oc3cccc(Cl)c3)C2)c2ccccc2N1. The Balaban J connectivity index is 1.37. The van der Waals surface area contributed by atoms with Gasteiger partial charge in [-0.15, -0.1) is 0 Å². The van der Waals surface area contributed by atoms with Crippen LogP contribution in [-0.4, -0.2) is 49.0 Å². The van der Waals surface area contributed by atoms with E-state index in [4.69, 9.17) is 16.3 Å². The third kappa shape index (κ3) is 4.07. The Kier molecular flexibility index (Phi) is 5.01. The number of para-hydroxylation sites is 2. The second-order valence-electron chi connectivity index (χ2n) is 6.77. The summed E-state index contributed by atoms with van der Waals surface area (Å²) in [5, 5.41) is 3.44. The molecule has 2 amide bonds. The number of nitrogens with one attached hydrogen (secondary N) is 1. The average molecular weight is 386 g/mol. The number of carbonyl (C=O) groups is 2. The molecule has 27 heavy (non-hydrogen) atoms. The van der Waals surface area contributed by atoms with Gasteiger partial charge in [0.15, 0.2) is 0 Å². The van der Waals surface area contributed by atoms with Crippen LogP contribution >= 0.6 is 11.6 Å². The first kappa shape index (κ1) is 17.8. The number of likely N-dealkylation sites (tertiary alicyclic amines) is 1. The highest BCUT2D eigenvalue weighted by molar-refractivity contribution is 6.30. The summed E-state index contributed by atoms with van der Waals surface area (Å²) in [6, 6.07) is 14.7. The number of ether oxygens (including phenoxy) is 1. The highest BCUT2D eigenvalue weighted by Gasteiger charge is 2.30. The molecule has 140 valence electrons. The quantitative estimate of drug-likeness (QED) is 0.879. The summed E-state index contributed by atoms with van der Waals surface area (Å²) in [4.78, 5) is 28.3. The van der Waals surface area contributed by atoms with Crippen LogP contribution in [0.3, 0.4) is 0 Å². The zero-order valence-corrected chi connectivity index (χ0v) is 15.5. The Bertz CT molecular complexity index is 873. The van der Waals surface area contributed by atoms with Crippen molar-refractivity contribution in [2.45, 2.75) is 12.5 Å². The van der Waals surface area contributed by atoms with Crippen molar-refractivity contribution in [2.75, 3.05) is 36.4 Å². The van der Waals surface area contributed by atoms with E-state index in [9.17, 15) is 9.59 Å². The van der Waals surface area contributed by atoms with Gasteiger partial charge in [0.1, 0.15) is 18.4 Å². The number of halogens is 1. The number of nitrogens with zero attached hydrogens (tertiary/aromatic N) is 2. The van der Waals surface area contributed by atoms with E-state index in [0.29, 0.717) is 17.3 Å². The fourth-order valence-electron chi connectivity index (χ4n) is 3.50. The molecule has 1 N–H and O–H groups in total. The highest BCUT2D eigenvalue weighted by Crippen LogP contribution is 2.29. The summed E-state index contributed by atoms with van der Waals surface area (Å²) in [7, 11) is 0. The minimum Gasteiger partial charge on any atom is -0.489 e. The topological polar surface area (TPSA) is 61.9 Å². The number of rotatable bonds is 4. The molecule has 0 spiro atoms. The van der Waals surface area contributed by atoms with Crippen molar-refractivity contribution in [3.8, 4) is 5.75 Å². The van der Waals surface area contributed by atoms with Crippen LogP contribution < -0.4 is 15.0 Å². The lowest BCUT2D eigenvalue weighted by atomic mass is 10.2. The van der Waals surface area contributed by atoms with Crippen molar-refractivity contribution in [3.05, 3.63) is 53.6 Å². The number of fused-ring (bicyclic) bond motifs is 1. The van der Waals surface area contributed by atoms with Gasteiger partial charge in [-0.3, -0.25) is 19.4 Å². The van der Waals surface area contributed by atoms with Crippen molar-refractivity contribution >= 4 is 34.8 Å². The lowest BCUT2D eigenvalue weighted by molar-refractivity contribution is -0.122. The first-order valence-electron chi connectivity index (χ1n) is 8.92. The van der Waals surface area contributed by atoms with Gasteiger partial charge in [0, 0.05) is 18.1 Å². The van der Waals surface area contributed by atoms with Gasteiger partial charge in [-0.25, -0.2) is 0 Å². The highest BCUT2D eigenvalue weighted by atomic mass is 35.5. The zero-order chi connectivity index (χ0) is 18.8. The van der Waals surface area contributed by atoms with Crippen LogP contribution in [0.15, 0.2) is 48.5 Å². The van der Waals surface area contributed by atoms with E-state index in [-0.39, 0.29) is 31.0 Å². The Morgan fingerprint density at radius 3 is 2.93 bits per heavy atom. The number of carbonyl (C=O) groups excluding carboxylic acids is 2. The van der Waals surface area contributed by atoms with E-state index in [1.165, 1.54) is 0 Å². The van der Waals surface area contributed by atoms with Crippen LogP contribution in [0, 0.1) is 0 Å². The van der Waals surface area contributed by atoms with Crippen molar-refractivity contribution in [1.82, 2.24) is 4.90 Å². The number of hydrogen-bond donors (Lipinski definition) is 1.